The van der Waals surface area contributed by atoms with Crippen LogP contribution in [0.4, 0.5) is 5.82 Å². The van der Waals surface area contributed by atoms with Gasteiger partial charge in [-0.25, -0.2) is 4.98 Å². The molecule has 0 N–H and O–H groups in total. The zero-order valence-electron chi connectivity index (χ0n) is 12.5. The summed E-state index contributed by atoms with van der Waals surface area (Å²) in [6, 6.07) is 4.07. The maximum absolute atomic E-state index is 12.1. The average molecular weight is 248 g/mol. The van der Waals surface area contributed by atoms with E-state index in [1.807, 2.05) is 39.8 Å². The zero-order chi connectivity index (χ0) is 14.1. The summed E-state index contributed by atoms with van der Waals surface area (Å²) < 4.78 is 0. The van der Waals surface area contributed by atoms with E-state index in [-0.39, 0.29) is 5.91 Å². The summed E-state index contributed by atoms with van der Waals surface area (Å²) >= 11 is 0. The maximum Gasteiger partial charge on any atom is 0.238 e. The lowest BCUT2D eigenvalue weighted by Gasteiger charge is -2.15. The van der Waals surface area contributed by atoms with E-state index in [0.717, 1.165) is 17.1 Å². The summed E-state index contributed by atoms with van der Waals surface area (Å²) in [6.45, 7) is 12.1. The van der Waals surface area contributed by atoms with Crippen molar-refractivity contribution in [2.24, 2.45) is 0 Å². The average Bonchev–Trinajstić information content (AvgIpc) is 2.53. The number of hydrogen-bond acceptors (Lipinski definition) is 2. The third-order valence-corrected chi connectivity index (χ3v) is 3.32. The van der Waals surface area contributed by atoms with Crippen molar-refractivity contribution in [3.05, 3.63) is 23.4 Å². The number of anilines is 1. The number of aromatic nitrogens is 1. The van der Waals surface area contributed by atoms with Gasteiger partial charge in [0.2, 0.25) is 5.91 Å². The maximum atomic E-state index is 12.1. The second kappa shape index (κ2) is 5.09. The van der Waals surface area contributed by atoms with Crippen LogP contribution >= 0.6 is 0 Å². The Kier molecular flexibility index (Phi) is 4.15. The number of hydrogen-bond donors (Lipinski definition) is 0. The number of nitrogens with zero attached hydrogens (tertiary/aromatic N) is 2. The van der Waals surface area contributed by atoms with Gasteiger partial charge in [-0.2, -0.15) is 0 Å². The summed E-state index contributed by atoms with van der Waals surface area (Å²) in [5, 5.41) is 0. The van der Waals surface area contributed by atoms with Gasteiger partial charge >= 0.3 is 0 Å². The molecule has 3 nitrogen and oxygen atoms in total. The summed E-state index contributed by atoms with van der Waals surface area (Å²) in [7, 11) is 1.80. The molecule has 0 spiro atoms. The molecule has 0 aliphatic carbocycles. The van der Waals surface area contributed by atoms with Crippen LogP contribution in [-0.4, -0.2) is 17.9 Å². The van der Waals surface area contributed by atoms with Gasteiger partial charge < -0.3 is 0 Å². The monoisotopic (exact) mass is 248 g/mol. The van der Waals surface area contributed by atoms with Gasteiger partial charge in [0, 0.05) is 18.3 Å². The highest BCUT2D eigenvalue weighted by molar-refractivity contribution is 6.06. The molecule has 0 bridgehead atoms. The first kappa shape index (κ1) is 14.7. The number of likely N-dealkylation sites (N-methyl/N-ethyl adjacent to an activating group) is 1. The van der Waals surface area contributed by atoms with Gasteiger partial charge in [-0.1, -0.05) is 33.8 Å². The molecule has 0 aromatic carbocycles. The third kappa shape index (κ3) is 2.14. The number of rotatable bonds is 1. The van der Waals surface area contributed by atoms with Crippen LogP contribution in [0.1, 0.15) is 58.7 Å². The fraction of sp³-hybridized carbons (Fsp3) is 0.600. The standard InChI is InChI=1S/C13H18N2O.C2H6/c1-8(2)10-7-6-9-11(14-10)15(5)12(16)13(9,3)4;1-2/h6-8H,1-5H3;1-2H3. The van der Waals surface area contributed by atoms with Crippen LogP contribution in [0, 0.1) is 0 Å². The van der Waals surface area contributed by atoms with Crippen molar-refractivity contribution < 1.29 is 4.79 Å². The number of amides is 1. The molecule has 1 aromatic heterocycles. The molecule has 1 aromatic rings. The van der Waals surface area contributed by atoms with E-state index in [1.54, 1.807) is 11.9 Å². The summed E-state index contributed by atoms with van der Waals surface area (Å²) in [5.74, 6) is 1.33. The van der Waals surface area contributed by atoms with Crippen LogP contribution < -0.4 is 4.90 Å². The van der Waals surface area contributed by atoms with Crippen molar-refractivity contribution in [2.75, 3.05) is 11.9 Å². The first-order valence-corrected chi connectivity index (χ1v) is 6.65. The SMILES string of the molecule is CC.CC(C)c1ccc2c(n1)N(C)C(=O)C2(C)C. The van der Waals surface area contributed by atoms with Crippen molar-refractivity contribution >= 4 is 11.7 Å². The lowest BCUT2D eigenvalue weighted by Crippen LogP contribution is -2.33. The van der Waals surface area contributed by atoms with Crippen LogP contribution in [-0.2, 0) is 10.2 Å². The van der Waals surface area contributed by atoms with Crippen LogP contribution in [0.15, 0.2) is 12.1 Å². The predicted molar refractivity (Wildman–Crippen MR) is 76.1 cm³/mol. The topological polar surface area (TPSA) is 33.2 Å². The van der Waals surface area contributed by atoms with Crippen LogP contribution in [0.2, 0.25) is 0 Å². The smallest absolute Gasteiger partial charge is 0.238 e. The molecule has 1 aliphatic heterocycles. The molecule has 18 heavy (non-hydrogen) atoms. The van der Waals surface area contributed by atoms with E-state index in [2.05, 4.69) is 18.8 Å². The van der Waals surface area contributed by atoms with Gasteiger partial charge in [0.25, 0.3) is 0 Å². The Morgan fingerprint density at radius 3 is 2.28 bits per heavy atom. The quantitative estimate of drug-likeness (QED) is 0.762. The number of carbonyl (C=O) groups excluding carboxylic acids is 1. The van der Waals surface area contributed by atoms with Crippen molar-refractivity contribution in [1.82, 2.24) is 4.98 Å². The first-order valence-electron chi connectivity index (χ1n) is 6.65. The summed E-state index contributed by atoms with van der Waals surface area (Å²) in [4.78, 5) is 18.3. The van der Waals surface area contributed by atoms with E-state index in [1.165, 1.54) is 0 Å². The number of carbonyl (C=O) groups is 1. The molecule has 0 fully saturated rings. The second-order valence-corrected chi connectivity index (χ2v) is 5.25. The van der Waals surface area contributed by atoms with E-state index < -0.39 is 5.41 Å². The van der Waals surface area contributed by atoms with E-state index >= 15 is 0 Å². The zero-order valence-corrected chi connectivity index (χ0v) is 12.5. The minimum Gasteiger partial charge on any atom is -0.299 e. The minimum absolute atomic E-state index is 0.121. The molecule has 0 saturated carbocycles. The molecule has 100 valence electrons. The number of fused-ring (bicyclic) bond motifs is 1. The van der Waals surface area contributed by atoms with E-state index in [4.69, 9.17) is 0 Å². The number of pyridine rings is 1. The van der Waals surface area contributed by atoms with Crippen molar-refractivity contribution in [1.29, 1.82) is 0 Å². The minimum atomic E-state index is -0.438. The van der Waals surface area contributed by atoms with Gasteiger partial charge in [0.05, 0.1) is 5.41 Å². The van der Waals surface area contributed by atoms with Crippen LogP contribution in [0.5, 0.6) is 0 Å². The van der Waals surface area contributed by atoms with Crippen molar-refractivity contribution in [2.45, 2.75) is 52.9 Å². The van der Waals surface area contributed by atoms with Crippen molar-refractivity contribution in [3.8, 4) is 0 Å². The Hall–Kier alpha value is -1.38. The van der Waals surface area contributed by atoms with E-state index in [9.17, 15) is 4.79 Å². The summed E-state index contributed by atoms with van der Waals surface area (Å²) in [5.41, 5.74) is 1.63. The molecule has 0 radical (unpaired) electrons. The Labute approximate surface area is 110 Å². The lowest BCUT2D eigenvalue weighted by atomic mass is 9.87. The molecular weight excluding hydrogens is 224 g/mol. The molecule has 0 unspecified atom stereocenters. The molecule has 0 atom stereocenters. The highest BCUT2D eigenvalue weighted by Crippen LogP contribution is 2.39. The fourth-order valence-corrected chi connectivity index (χ4v) is 2.16. The van der Waals surface area contributed by atoms with Gasteiger partial charge in [0.15, 0.2) is 0 Å². The fourth-order valence-electron chi connectivity index (χ4n) is 2.16. The first-order chi connectivity index (χ1) is 8.35. The van der Waals surface area contributed by atoms with Crippen LogP contribution in [0.25, 0.3) is 0 Å². The van der Waals surface area contributed by atoms with Gasteiger partial charge in [-0.3, -0.25) is 9.69 Å². The lowest BCUT2D eigenvalue weighted by molar-refractivity contribution is -0.121. The second-order valence-electron chi connectivity index (χ2n) is 5.25. The largest absolute Gasteiger partial charge is 0.299 e. The Bertz CT molecular complexity index is 450. The molecule has 1 aliphatic rings. The third-order valence-electron chi connectivity index (χ3n) is 3.32. The van der Waals surface area contributed by atoms with Gasteiger partial charge in [0.1, 0.15) is 5.82 Å². The molecule has 1 amide bonds. The molecule has 2 heterocycles. The normalized spacial score (nSPS) is 16.4. The van der Waals surface area contributed by atoms with Gasteiger partial charge in [-0.15, -0.1) is 0 Å². The van der Waals surface area contributed by atoms with Crippen molar-refractivity contribution in [3.63, 3.8) is 0 Å². The Balaban J connectivity index is 0.000000771. The molecule has 0 saturated heterocycles. The Morgan fingerprint density at radius 2 is 1.78 bits per heavy atom. The van der Waals surface area contributed by atoms with Crippen LogP contribution in [0.3, 0.4) is 0 Å². The van der Waals surface area contributed by atoms with Gasteiger partial charge in [-0.05, 0) is 25.8 Å². The Morgan fingerprint density at radius 1 is 1.22 bits per heavy atom. The highest BCUT2D eigenvalue weighted by atomic mass is 16.2. The van der Waals surface area contributed by atoms with E-state index in [0.29, 0.717) is 5.92 Å². The molecule has 2 rings (SSSR count). The predicted octanol–water partition coefficient (Wildman–Crippen LogP) is 3.49. The molecular formula is C15H24N2O. The molecule has 3 heteroatoms. The summed E-state index contributed by atoms with van der Waals surface area (Å²) in [6.07, 6.45) is 0. The highest BCUT2D eigenvalue weighted by Gasteiger charge is 2.43.